The largest absolute Gasteiger partial charge is 0.356 e. The zero-order chi connectivity index (χ0) is 18.2. The van der Waals surface area contributed by atoms with E-state index < -0.39 is 0 Å². The molecule has 2 nitrogen and oxygen atoms in total. The molecule has 0 radical (unpaired) electrons. The number of aromatic nitrogens is 1. The van der Waals surface area contributed by atoms with Gasteiger partial charge in [-0.1, -0.05) is 54.1 Å². The molecule has 0 amide bonds. The lowest BCUT2D eigenvalue weighted by Crippen LogP contribution is -1.95. The van der Waals surface area contributed by atoms with Gasteiger partial charge in [0.25, 0.3) is 0 Å². The molecule has 2 heteroatoms. The minimum atomic E-state index is 1.09. The van der Waals surface area contributed by atoms with Crippen molar-refractivity contribution in [1.29, 1.82) is 0 Å². The lowest BCUT2D eigenvalue weighted by molar-refractivity contribution is 1.18. The summed E-state index contributed by atoms with van der Waals surface area (Å²) in [5, 5.41) is 6.04. The molecule has 0 bridgehead atoms. The molecule has 4 aromatic carbocycles. The standard InChI is InChI=1S/C25H20N2/c1-18-10-12-19(13-11-18)26-20-14-16-21(17-15-20)27-24-8-4-2-6-22(24)23-7-3-5-9-25(23)27/h2-17,26H,1H3. The van der Waals surface area contributed by atoms with Gasteiger partial charge in [0, 0.05) is 27.8 Å². The number of rotatable bonds is 3. The van der Waals surface area contributed by atoms with Crippen LogP contribution in [0.4, 0.5) is 11.4 Å². The van der Waals surface area contributed by atoms with E-state index in [2.05, 4.69) is 114 Å². The van der Waals surface area contributed by atoms with Crippen LogP contribution in [-0.4, -0.2) is 4.57 Å². The topological polar surface area (TPSA) is 17.0 Å². The van der Waals surface area contributed by atoms with Crippen molar-refractivity contribution in [2.45, 2.75) is 6.92 Å². The molecule has 0 aliphatic heterocycles. The summed E-state index contributed by atoms with van der Waals surface area (Å²) in [6.45, 7) is 2.10. The number of para-hydroxylation sites is 2. The van der Waals surface area contributed by atoms with Gasteiger partial charge in [-0.3, -0.25) is 0 Å². The van der Waals surface area contributed by atoms with Crippen LogP contribution in [0.3, 0.4) is 0 Å². The predicted octanol–water partition coefficient (Wildman–Crippen LogP) is 6.84. The lowest BCUT2D eigenvalue weighted by Gasteiger charge is -2.10. The van der Waals surface area contributed by atoms with Crippen LogP contribution in [-0.2, 0) is 0 Å². The fourth-order valence-corrected chi connectivity index (χ4v) is 3.70. The maximum Gasteiger partial charge on any atom is 0.0541 e. The van der Waals surface area contributed by atoms with Crippen LogP contribution in [0.2, 0.25) is 0 Å². The number of hydrogen-bond donors (Lipinski definition) is 1. The minimum Gasteiger partial charge on any atom is -0.356 e. The second kappa shape index (κ2) is 6.33. The lowest BCUT2D eigenvalue weighted by atomic mass is 10.2. The van der Waals surface area contributed by atoms with Crippen LogP contribution in [0.5, 0.6) is 0 Å². The second-order valence-corrected chi connectivity index (χ2v) is 6.91. The first-order chi connectivity index (χ1) is 13.3. The second-order valence-electron chi connectivity index (χ2n) is 6.91. The summed E-state index contributed by atoms with van der Waals surface area (Å²) in [6.07, 6.45) is 0. The maximum atomic E-state index is 3.47. The fraction of sp³-hybridized carbons (Fsp3) is 0.0400. The number of anilines is 2. The molecule has 0 atom stereocenters. The highest BCUT2D eigenvalue weighted by Gasteiger charge is 2.10. The van der Waals surface area contributed by atoms with Crippen LogP contribution >= 0.6 is 0 Å². The maximum absolute atomic E-state index is 3.47. The van der Waals surface area contributed by atoms with E-state index in [-0.39, 0.29) is 0 Å². The summed E-state index contributed by atoms with van der Waals surface area (Å²) >= 11 is 0. The van der Waals surface area contributed by atoms with E-state index in [4.69, 9.17) is 0 Å². The number of aryl methyl sites for hydroxylation is 1. The Balaban J connectivity index is 1.57. The molecular weight excluding hydrogens is 328 g/mol. The molecule has 1 heterocycles. The van der Waals surface area contributed by atoms with Gasteiger partial charge in [-0.15, -0.1) is 0 Å². The van der Waals surface area contributed by atoms with Crippen molar-refractivity contribution in [2.75, 3.05) is 5.32 Å². The number of nitrogens with zero attached hydrogens (tertiary/aromatic N) is 1. The molecule has 1 N–H and O–H groups in total. The molecule has 0 saturated carbocycles. The molecule has 0 saturated heterocycles. The van der Waals surface area contributed by atoms with E-state index in [0.29, 0.717) is 0 Å². The molecule has 5 rings (SSSR count). The van der Waals surface area contributed by atoms with Crippen LogP contribution in [0.1, 0.15) is 5.56 Å². The third kappa shape index (κ3) is 2.76. The summed E-state index contributed by atoms with van der Waals surface area (Å²) in [5.41, 5.74) is 7.09. The van der Waals surface area contributed by atoms with Crippen molar-refractivity contribution in [3.8, 4) is 5.69 Å². The SMILES string of the molecule is Cc1ccc(Nc2ccc(-n3c4ccccc4c4ccccc43)cc2)cc1. The molecule has 0 aliphatic rings. The first-order valence-corrected chi connectivity index (χ1v) is 9.22. The van der Waals surface area contributed by atoms with Gasteiger partial charge in [-0.05, 0) is 55.5 Å². The number of nitrogens with one attached hydrogen (secondary N) is 1. The Morgan fingerprint density at radius 2 is 1.04 bits per heavy atom. The van der Waals surface area contributed by atoms with Gasteiger partial charge in [0.1, 0.15) is 0 Å². The highest BCUT2D eigenvalue weighted by atomic mass is 15.0. The first kappa shape index (κ1) is 15.7. The smallest absolute Gasteiger partial charge is 0.0541 e. The van der Waals surface area contributed by atoms with Gasteiger partial charge in [-0.2, -0.15) is 0 Å². The Bertz CT molecular complexity index is 1180. The summed E-state index contributed by atoms with van der Waals surface area (Å²) < 4.78 is 2.33. The molecule has 1 aromatic heterocycles. The predicted molar refractivity (Wildman–Crippen MR) is 115 cm³/mol. The normalized spacial score (nSPS) is 11.1. The number of fused-ring (bicyclic) bond motifs is 3. The Morgan fingerprint density at radius 1 is 0.556 bits per heavy atom. The fourth-order valence-electron chi connectivity index (χ4n) is 3.70. The van der Waals surface area contributed by atoms with Gasteiger partial charge in [-0.25, -0.2) is 0 Å². The molecule has 0 aliphatic carbocycles. The Morgan fingerprint density at radius 3 is 1.59 bits per heavy atom. The van der Waals surface area contributed by atoms with Crippen molar-refractivity contribution < 1.29 is 0 Å². The molecule has 27 heavy (non-hydrogen) atoms. The Kier molecular flexibility index (Phi) is 3.68. The average molecular weight is 348 g/mol. The number of benzene rings is 4. The summed E-state index contributed by atoms with van der Waals surface area (Å²) in [6, 6.07) is 34.3. The van der Waals surface area contributed by atoms with E-state index in [0.717, 1.165) is 11.4 Å². The van der Waals surface area contributed by atoms with Gasteiger partial charge < -0.3 is 9.88 Å². The highest BCUT2D eigenvalue weighted by Crippen LogP contribution is 2.32. The van der Waals surface area contributed by atoms with Crippen LogP contribution in [0.25, 0.3) is 27.5 Å². The van der Waals surface area contributed by atoms with E-state index >= 15 is 0 Å². The van der Waals surface area contributed by atoms with Crippen LogP contribution in [0, 0.1) is 6.92 Å². The Labute approximate surface area is 158 Å². The number of hydrogen-bond acceptors (Lipinski definition) is 1. The van der Waals surface area contributed by atoms with E-state index in [1.807, 2.05) is 0 Å². The van der Waals surface area contributed by atoms with Gasteiger partial charge in [0.05, 0.1) is 11.0 Å². The Hall–Kier alpha value is -3.52. The minimum absolute atomic E-state index is 1.09. The summed E-state index contributed by atoms with van der Waals surface area (Å²) in [7, 11) is 0. The van der Waals surface area contributed by atoms with Crippen LogP contribution < -0.4 is 5.32 Å². The van der Waals surface area contributed by atoms with E-state index in [1.54, 1.807) is 0 Å². The van der Waals surface area contributed by atoms with Crippen LogP contribution in [0.15, 0.2) is 97.1 Å². The first-order valence-electron chi connectivity index (χ1n) is 9.22. The molecule has 0 spiro atoms. The summed E-state index contributed by atoms with van der Waals surface area (Å²) in [4.78, 5) is 0. The molecule has 5 aromatic rings. The van der Waals surface area contributed by atoms with Crippen molar-refractivity contribution in [1.82, 2.24) is 4.57 Å². The summed E-state index contributed by atoms with van der Waals surface area (Å²) in [5.74, 6) is 0. The average Bonchev–Trinajstić information content (AvgIpc) is 3.05. The van der Waals surface area contributed by atoms with E-state index in [1.165, 1.54) is 33.1 Å². The molecular formula is C25H20N2. The quantitative estimate of drug-likeness (QED) is 0.378. The van der Waals surface area contributed by atoms with Crippen molar-refractivity contribution in [3.63, 3.8) is 0 Å². The molecule has 0 fully saturated rings. The molecule has 0 unspecified atom stereocenters. The zero-order valence-electron chi connectivity index (χ0n) is 15.2. The molecule has 130 valence electrons. The third-order valence-electron chi connectivity index (χ3n) is 5.05. The van der Waals surface area contributed by atoms with E-state index in [9.17, 15) is 0 Å². The van der Waals surface area contributed by atoms with Crippen molar-refractivity contribution in [2.24, 2.45) is 0 Å². The van der Waals surface area contributed by atoms with Crippen molar-refractivity contribution in [3.05, 3.63) is 103 Å². The third-order valence-corrected chi connectivity index (χ3v) is 5.05. The van der Waals surface area contributed by atoms with Gasteiger partial charge in [0.15, 0.2) is 0 Å². The highest BCUT2D eigenvalue weighted by molar-refractivity contribution is 6.09. The zero-order valence-corrected chi connectivity index (χ0v) is 15.2. The van der Waals surface area contributed by atoms with Gasteiger partial charge in [0.2, 0.25) is 0 Å². The van der Waals surface area contributed by atoms with Crippen molar-refractivity contribution >= 4 is 33.2 Å². The monoisotopic (exact) mass is 348 g/mol. The van der Waals surface area contributed by atoms with Gasteiger partial charge >= 0.3 is 0 Å².